The summed E-state index contributed by atoms with van der Waals surface area (Å²) in [7, 11) is 0. The fraction of sp³-hybridized carbons (Fsp3) is 0.583. The van der Waals surface area contributed by atoms with E-state index >= 15 is 0 Å². The summed E-state index contributed by atoms with van der Waals surface area (Å²) in [5, 5.41) is 15.5. The maximum atomic E-state index is 13.8. The fourth-order valence-electron chi connectivity index (χ4n) is 4.25. The molecule has 0 unspecified atom stereocenters. The standard InChI is InChI=1S/C24H32FN5O2/c1-5-10-30-11-8-24(15-26,9-12-30)29-22(32)19(14-23(2,3)4)27-20-18-13-16(25)6-7-17(18)21(31)28-20/h6-7,13,19H,5,8-12,14H2,1-4H3,(H,29,32)(H,27,28,31)/t19-/m0/s1. The highest BCUT2D eigenvalue weighted by Gasteiger charge is 2.39. The van der Waals surface area contributed by atoms with Gasteiger partial charge in [-0.05, 0) is 55.8 Å². The second kappa shape index (κ2) is 9.37. The number of carbonyl (C=O) groups is 2. The third-order valence-corrected chi connectivity index (χ3v) is 5.93. The predicted octanol–water partition coefficient (Wildman–Crippen LogP) is 3.00. The molecule has 0 saturated carbocycles. The highest BCUT2D eigenvalue weighted by atomic mass is 19.1. The zero-order chi connectivity index (χ0) is 23.5. The van der Waals surface area contributed by atoms with E-state index in [0.717, 1.165) is 26.1 Å². The van der Waals surface area contributed by atoms with Gasteiger partial charge in [0.25, 0.3) is 5.91 Å². The van der Waals surface area contributed by atoms with Gasteiger partial charge in [-0.3, -0.25) is 14.6 Å². The van der Waals surface area contributed by atoms with E-state index in [1.807, 2.05) is 20.8 Å². The molecule has 3 rings (SSSR count). The Morgan fingerprint density at radius 3 is 2.62 bits per heavy atom. The van der Waals surface area contributed by atoms with Gasteiger partial charge in [-0.1, -0.05) is 27.7 Å². The van der Waals surface area contributed by atoms with Crippen molar-refractivity contribution in [2.75, 3.05) is 19.6 Å². The molecule has 0 radical (unpaired) electrons. The molecule has 0 aliphatic carbocycles. The smallest absolute Gasteiger partial charge is 0.257 e. The summed E-state index contributed by atoms with van der Waals surface area (Å²) in [6.45, 7) is 10.6. The Bertz CT molecular complexity index is 952. The molecule has 32 heavy (non-hydrogen) atoms. The zero-order valence-electron chi connectivity index (χ0n) is 19.3. The van der Waals surface area contributed by atoms with Gasteiger partial charge in [-0.2, -0.15) is 5.26 Å². The first-order chi connectivity index (χ1) is 15.1. The molecule has 0 aromatic heterocycles. The maximum Gasteiger partial charge on any atom is 0.257 e. The van der Waals surface area contributed by atoms with E-state index in [4.69, 9.17) is 0 Å². The zero-order valence-corrected chi connectivity index (χ0v) is 19.3. The number of hydrogen-bond donors (Lipinski definition) is 2. The third kappa shape index (κ3) is 5.52. The number of fused-ring (bicyclic) bond motifs is 1. The Labute approximate surface area is 189 Å². The highest BCUT2D eigenvalue weighted by molar-refractivity contribution is 6.23. The van der Waals surface area contributed by atoms with Crippen molar-refractivity contribution in [3.05, 3.63) is 35.1 Å². The third-order valence-electron chi connectivity index (χ3n) is 5.93. The number of benzene rings is 1. The second-order valence-electron chi connectivity index (χ2n) is 9.93. The number of aliphatic imine (C=N–C) groups is 1. The Kier molecular flexibility index (Phi) is 6.99. The van der Waals surface area contributed by atoms with Crippen LogP contribution in [-0.2, 0) is 4.79 Å². The summed E-state index contributed by atoms with van der Waals surface area (Å²) < 4.78 is 13.8. The Hall–Kier alpha value is -2.79. The van der Waals surface area contributed by atoms with Gasteiger partial charge in [0.15, 0.2) is 0 Å². The van der Waals surface area contributed by atoms with E-state index in [2.05, 4.69) is 33.5 Å². The molecular weight excluding hydrogens is 409 g/mol. The van der Waals surface area contributed by atoms with Crippen molar-refractivity contribution in [2.24, 2.45) is 10.4 Å². The molecule has 1 saturated heterocycles. The van der Waals surface area contributed by atoms with E-state index in [0.29, 0.717) is 30.4 Å². The number of hydrogen-bond acceptors (Lipinski definition) is 5. The van der Waals surface area contributed by atoms with Crippen LogP contribution in [0, 0.1) is 22.6 Å². The minimum Gasteiger partial charge on any atom is -0.336 e. The van der Waals surface area contributed by atoms with E-state index in [1.165, 1.54) is 18.2 Å². The Morgan fingerprint density at radius 2 is 2.03 bits per heavy atom. The second-order valence-corrected chi connectivity index (χ2v) is 9.93. The molecule has 7 nitrogen and oxygen atoms in total. The SMILES string of the molecule is CCCN1CCC(C#N)(NC(=O)[C@H](CC(C)(C)C)N=C2NC(=O)c3ccc(F)cc32)CC1. The van der Waals surface area contributed by atoms with Crippen LogP contribution in [0.2, 0.25) is 0 Å². The number of piperidine rings is 1. The Balaban J connectivity index is 1.85. The first-order valence-electron chi connectivity index (χ1n) is 11.2. The van der Waals surface area contributed by atoms with Crippen LogP contribution < -0.4 is 10.6 Å². The van der Waals surface area contributed by atoms with E-state index in [9.17, 15) is 19.2 Å². The molecule has 8 heteroatoms. The number of halogens is 1. The summed E-state index contributed by atoms with van der Waals surface area (Å²) in [5.74, 6) is -1.01. The predicted molar refractivity (Wildman–Crippen MR) is 121 cm³/mol. The van der Waals surface area contributed by atoms with Gasteiger partial charge in [0.2, 0.25) is 5.91 Å². The quantitative estimate of drug-likeness (QED) is 0.709. The van der Waals surface area contributed by atoms with Crippen molar-refractivity contribution in [3.8, 4) is 6.07 Å². The minimum absolute atomic E-state index is 0.192. The summed E-state index contributed by atoms with van der Waals surface area (Å²) in [6.07, 6.45) is 2.56. The largest absolute Gasteiger partial charge is 0.336 e. The molecule has 2 N–H and O–H groups in total. The number of amides is 2. The molecular formula is C24H32FN5O2. The number of rotatable bonds is 6. The summed E-state index contributed by atoms with van der Waals surface area (Å²) in [6, 6.07) is 5.39. The van der Waals surface area contributed by atoms with E-state index < -0.39 is 17.4 Å². The lowest BCUT2D eigenvalue weighted by Crippen LogP contribution is -2.56. The maximum absolute atomic E-state index is 13.8. The molecule has 0 spiro atoms. The van der Waals surface area contributed by atoms with Crippen molar-refractivity contribution >= 4 is 17.6 Å². The lowest BCUT2D eigenvalue weighted by atomic mass is 9.85. The number of carbonyl (C=O) groups excluding carboxylic acids is 2. The molecule has 1 atom stereocenters. The molecule has 0 bridgehead atoms. The van der Waals surface area contributed by atoms with Crippen LogP contribution >= 0.6 is 0 Å². The van der Waals surface area contributed by atoms with Gasteiger partial charge in [0.1, 0.15) is 23.2 Å². The summed E-state index contributed by atoms with van der Waals surface area (Å²) in [4.78, 5) is 32.5. The minimum atomic E-state index is -0.930. The number of likely N-dealkylation sites (tertiary alicyclic amines) is 1. The number of nitriles is 1. The molecule has 1 aromatic carbocycles. The first-order valence-corrected chi connectivity index (χ1v) is 11.2. The normalized spacial score (nSPS) is 20.4. The van der Waals surface area contributed by atoms with Gasteiger partial charge in [0.05, 0.1) is 11.6 Å². The van der Waals surface area contributed by atoms with Gasteiger partial charge in [-0.25, -0.2) is 4.39 Å². The van der Waals surface area contributed by atoms with Crippen molar-refractivity contribution in [1.82, 2.24) is 15.5 Å². The van der Waals surface area contributed by atoms with Crippen molar-refractivity contribution in [3.63, 3.8) is 0 Å². The van der Waals surface area contributed by atoms with Crippen LogP contribution in [0.4, 0.5) is 4.39 Å². The van der Waals surface area contributed by atoms with Crippen LogP contribution in [-0.4, -0.2) is 53.8 Å². The van der Waals surface area contributed by atoms with E-state index in [-0.39, 0.29) is 23.1 Å². The van der Waals surface area contributed by atoms with Gasteiger partial charge >= 0.3 is 0 Å². The van der Waals surface area contributed by atoms with Gasteiger partial charge in [0, 0.05) is 18.7 Å². The monoisotopic (exact) mass is 441 g/mol. The van der Waals surface area contributed by atoms with Gasteiger partial charge in [-0.15, -0.1) is 0 Å². The highest BCUT2D eigenvalue weighted by Crippen LogP contribution is 2.27. The lowest BCUT2D eigenvalue weighted by Gasteiger charge is -2.38. The fourth-order valence-corrected chi connectivity index (χ4v) is 4.25. The average Bonchev–Trinajstić information content (AvgIpc) is 3.03. The van der Waals surface area contributed by atoms with Crippen LogP contribution in [0.1, 0.15) is 69.3 Å². The molecule has 1 fully saturated rings. The molecule has 2 heterocycles. The summed E-state index contributed by atoms with van der Waals surface area (Å²) in [5.41, 5.74) is -0.480. The average molecular weight is 442 g/mol. The van der Waals surface area contributed by atoms with E-state index in [1.54, 1.807) is 0 Å². The topological polar surface area (TPSA) is 97.6 Å². The lowest BCUT2D eigenvalue weighted by molar-refractivity contribution is -0.124. The first kappa shape index (κ1) is 23.9. The molecule has 1 aromatic rings. The molecule has 2 aliphatic heterocycles. The number of amidine groups is 1. The van der Waals surface area contributed by atoms with Crippen molar-refractivity contribution in [1.29, 1.82) is 5.26 Å². The van der Waals surface area contributed by atoms with Crippen LogP contribution in [0.25, 0.3) is 0 Å². The summed E-state index contributed by atoms with van der Waals surface area (Å²) >= 11 is 0. The Morgan fingerprint density at radius 1 is 1.34 bits per heavy atom. The molecule has 2 amide bonds. The molecule has 172 valence electrons. The number of nitrogens with one attached hydrogen (secondary N) is 2. The van der Waals surface area contributed by atoms with Crippen molar-refractivity contribution < 1.29 is 14.0 Å². The van der Waals surface area contributed by atoms with Crippen LogP contribution in [0.5, 0.6) is 0 Å². The number of nitrogens with zero attached hydrogens (tertiary/aromatic N) is 3. The molecule has 2 aliphatic rings. The van der Waals surface area contributed by atoms with Gasteiger partial charge < -0.3 is 15.5 Å². The van der Waals surface area contributed by atoms with Crippen molar-refractivity contribution in [2.45, 2.75) is 65.0 Å². The van der Waals surface area contributed by atoms with Crippen LogP contribution in [0.15, 0.2) is 23.2 Å². The van der Waals surface area contributed by atoms with Crippen LogP contribution in [0.3, 0.4) is 0 Å².